The van der Waals surface area contributed by atoms with E-state index in [1.807, 2.05) is 17.7 Å². The van der Waals surface area contributed by atoms with Crippen LogP contribution in [0.4, 0.5) is 11.8 Å². The molecule has 0 saturated carbocycles. The maximum atomic E-state index is 9.61. The van der Waals surface area contributed by atoms with E-state index in [9.17, 15) is 5.11 Å². The summed E-state index contributed by atoms with van der Waals surface area (Å²) in [5.74, 6) is 1.62. The Labute approximate surface area is 206 Å². The van der Waals surface area contributed by atoms with Gasteiger partial charge in [-0.1, -0.05) is 51.1 Å². The van der Waals surface area contributed by atoms with Gasteiger partial charge in [0.05, 0.1) is 24.7 Å². The Balaban J connectivity index is 1.54. The Hall–Kier alpha value is -3.52. The highest BCUT2D eigenvalue weighted by Crippen LogP contribution is 2.25. The number of hydrogen-bond acceptors (Lipinski definition) is 7. The largest absolute Gasteiger partial charge is 0.394 e. The lowest BCUT2D eigenvalue weighted by Gasteiger charge is -2.16. The third-order valence-corrected chi connectivity index (χ3v) is 6.19. The lowest BCUT2D eigenvalue weighted by Crippen LogP contribution is -2.24. The molecule has 8 heteroatoms. The predicted octanol–water partition coefficient (Wildman–Crippen LogP) is 5.39. The van der Waals surface area contributed by atoms with Crippen LogP contribution in [0.15, 0.2) is 48.9 Å². The monoisotopic (exact) mass is 473 g/mol. The van der Waals surface area contributed by atoms with Crippen molar-refractivity contribution in [2.24, 2.45) is 0 Å². The van der Waals surface area contributed by atoms with Crippen LogP contribution in [-0.4, -0.2) is 42.3 Å². The average Bonchev–Trinajstić information content (AvgIpc) is 3.30. The molecule has 3 aromatic heterocycles. The fourth-order valence-corrected chi connectivity index (χ4v) is 3.84. The van der Waals surface area contributed by atoms with Gasteiger partial charge >= 0.3 is 0 Å². The number of rotatable bonds is 10. The number of aliphatic hydroxyl groups excluding tert-OH is 1. The molecule has 0 aliphatic carbocycles. The summed E-state index contributed by atoms with van der Waals surface area (Å²) in [6, 6.07) is 12.7. The van der Waals surface area contributed by atoms with E-state index >= 15 is 0 Å². The Morgan fingerprint density at radius 2 is 1.74 bits per heavy atom. The minimum absolute atomic E-state index is 0.0193. The molecule has 0 amide bonds. The van der Waals surface area contributed by atoms with Gasteiger partial charge in [0.1, 0.15) is 0 Å². The molecule has 1 aromatic carbocycles. The SMILES string of the molecule is CCC(CO)Nc1nc(NCc2ccc(-c3ccc(C(C)C)cn3)cc2)c2ncn(C(C)C)c2n1. The van der Waals surface area contributed by atoms with Crippen molar-refractivity contribution in [2.45, 2.75) is 65.6 Å². The molecule has 0 radical (unpaired) electrons. The molecule has 1 unspecified atom stereocenters. The van der Waals surface area contributed by atoms with E-state index in [0.717, 1.165) is 34.4 Å². The van der Waals surface area contributed by atoms with Crippen molar-refractivity contribution in [1.29, 1.82) is 0 Å². The Morgan fingerprint density at radius 3 is 2.34 bits per heavy atom. The second kappa shape index (κ2) is 10.8. The van der Waals surface area contributed by atoms with Crippen LogP contribution in [0.1, 0.15) is 64.1 Å². The van der Waals surface area contributed by atoms with Crippen LogP contribution in [0.3, 0.4) is 0 Å². The van der Waals surface area contributed by atoms with Crippen molar-refractivity contribution in [3.63, 3.8) is 0 Å². The lowest BCUT2D eigenvalue weighted by atomic mass is 10.0. The lowest BCUT2D eigenvalue weighted by molar-refractivity contribution is 0.271. The molecular weight excluding hydrogens is 438 g/mol. The van der Waals surface area contributed by atoms with Crippen LogP contribution in [0.5, 0.6) is 0 Å². The number of nitrogens with zero attached hydrogens (tertiary/aromatic N) is 5. The summed E-state index contributed by atoms with van der Waals surface area (Å²) < 4.78 is 2.03. The van der Waals surface area contributed by atoms with Gasteiger partial charge in [-0.3, -0.25) is 4.98 Å². The van der Waals surface area contributed by atoms with E-state index in [1.165, 1.54) is 5.56 Å². The number of nitrogens with one attached hydrogen (secondary N) is 2. The molecular formula is C27H35N7O. The van der Waals surface area contributed by atoms with Gasteiger partial charge in [0.2, 0.25) is 5.95 Å². The maximum Gasteiger partial charge on any atom is 0.227 e. The summed E-state index contributed by atoms with van der Waals surface area (Å²) in [4.78, 5) is 18.6. The first-order chi connectivity index (χ1) is 16.9. The van der Waals surface area contributed by atoms with Crippen molar-refractivity contribution in [1.82, 2.24) is 24.5 Å². The number of benzene rings is 1. The molecule has 3 N–H and O–H groups in total. The number of anilines is 2. The quantitative estimate of drug-likeness (QED) is 0.284. The third kappa shape index (κ3) is 5.59. The molecule has 0 bridgehead atoms. The summed E-state index contributed by atoms with van der Waals surface area (Å²) in [6.07, 6.45) is 4.53. The van der Waals surface area contributed by atoms with Crippen LogP contribution in [0.2, 0.25) is 0 Å². The highest BCUT2D eigenvalue weighted by atomic mass is 16.3. The molecule has 4 aromatic rings. The molecule has 184 valence electrons. The van der Waals surface area contributed by atoms with Gasteiger partial charge < -0.3 is 20.3 Å². The van der Waals surface area contributed by atoms with E-state index < -0.39 is 0 Å². The molecule has 0 saturated heterocycles. The van der Waals surface area contributed by atoms with Crippen molar-refractivity contribution in [3.05, 3.63) is 60.0 Å². The number of imidazole rings is 1. The molecule has 8 nitrogen and oxygen atoms in total. The maximum absolute atomic E-state index is 9.61. The van der Waals surface area contributed by atoms with E-state index in [0.29, 0.717) is 24.2 Å². The normalized spacial score (nSPS) is 12.5. The molecule has 0 fully saturated rings. The van der Waals surface area contributed by atoms with Crippen LogP contribution < -0.4 is 10.6 Å². The molecule has 35 heavy (non-hydrogen) atoms. The molecule has 4 rings (SSSR count). The van der Waals surface area contributed by atoms with Gasteiger partial charge in [-0.2, -0.15) is 9.97 Å². The van der Waals surface area contributed by atoms with Gasteiger partial charge in [0, 0.05) is 24.3 Å². The van der Waals surface area contributed by atoms with E-state index in [1.54, 1.807) is 6.33 Å². The number of aromatic nitrogens is 5. The summed E-state index contributed by atoms with van der Waals surface area (Å²) in [5, 5.41) is 16.3. The molecule has 1 atom stereocenters. The topological polar surface area (TPSA) is 101 Å². The van der Waals surface area contributed by atoms with E-state index in [-0.39, 0.29) is 18.7 Å². The first kappa shape index (κ1) is 24.6. The van der Waals surface area contributed by atoms with Crippen molar-refractivity contribution >= 4 is 22.9 Å². The third-order valence-electron chi connectivity index (χ3n) is 6.19. The van der Waals surface area contributed by atoms with Crippen LogP contribution in [-0.2, 0) is 6.54 Å². The van der Waals surface area contributed by atoms with Gasteiger partial charge in [-0.25, -0.2) is 4.98 Å². The molecule has 0 aliphatic heterocycles. The zero-order valence-corrected chi connectivity index (χ0v) is 21.2. The minimum atomic E-state index is -0.105. The highest BCUT2D eigenvalue weighted by Gasteiger charge is 2.16. The minimum Gasteiger partial charge on any atom is -0.394 e. The summed E-state index contributed by atoms with van der Waals surface area (Å²) >= 11 is 0. The van der Waals surface area contributed by atoms with Crippen LogP contribution in [0.25, 0.3) is 22.4 Å². The Bertz CT molecular complexity index is 1240. The molecule has 0 spiro atoms. The van der Waals surface area contributed by atoms with Gasteiger partial charge in [-0.15, -0.1) is 0 Å². The van der Waals surface area contributed by atoms with Crippen molar-refractivity contribution in [2.75, 3.05) is 17.2 Å². The van der Waals surface area contributed by atoms with Gasteiger partial charge in [0.25, 0.3) is 0 Å². The number of aliphatic hydroxyl groups is 1. The van der Waals surface area contributed by atoms with Crippen LogP contribution >= 0.6 is 0 Å². The molecule has 3 heterocycles. The fourth-order valence-electron chi connectivity index (χ4n) is 3.84. The van der Waals surface area contributed by atoms with Crippen molar-refractivity contribution in [3.8, 4) is 11.3 Å². The first-order valence-corrected chi connectivity index (χ1v) is 12.3. The molecule has 0 aliphatic rings. The first-order valence-electron chi connectivity index (χ1n) is 12.3. The highest BCUT2D eigenvalue weighted by molar-refractivity contribution is 5.84. The Morgan fingerprint density at radius 1 is 0.971 bits per heavy atom. The second-order valence-corrected chi connectivity index (χ2v) is 9.43. The smallest absolute Gasteiger partial charge is 0.227 e. The zero-order chi connectivity index (χ0) is 24.9. The standard InChI is InChI=1S/C27H35N7O/c1-6-22(15-35)31-27-32-25(24-26(33-27)34(16-30-24)18(4)5)29-13-19-7-9-20(10-8-19)23-12-11-21(14-28-23)17(2)3/h7-12,14,16-18,22,35H,6,13,15H2,1-5H3,(H2,29,31,32,33). The van der Waals surface area contributed by atoms with E-state index in [4.69, 9.17) is 4.98 Å². The van der Waals surface area contributed by atoms with Crippen molar-refractivity contribution < 1.29 is 5.11 Å². The average molecular weight is 474 g/mol. The van der Waals surface area contributed by atoms with E-state index in [2.05, 4.69) is 89.7 Å². The van der Waals surface area contributed by atoms with Gasteiger partial charge in [-0.05, 0) is 43.4 Å². The summed E-state index contributed by atoms with van der Waals surface area (Å²) in [6.45, 7) is 11.2. The zero-order valence-electron chi connectivity index (χ0n) is 21.2. The summed E-state index contributed by atoms with van der Waals surface area (Å²) in [7, 11) is 0. The number of pyridine rings is 1. The summed E-state index contributed by atoms with van der Waals surface area (Å²) in [5.41, 5.74) is 5.91. The van der Waals surface area contributed by atoms with Gasteiger partial charge in [0.15, 0.2) is 17.0 Å². The van der Waals surface area contributed by atoms with Crippen LogP contribution in [0, 0.1) is 0 Å². The second-order valence-electron chi connectivity index (χ2n) is 9.43. The number of hydrogen-bond donors (Lipinski definition) is 3. The predicted molar refractivity (Wildman–Crippen MR) is 142 cm³/mol. The Kier molecular flexibility index (Phi) is 7.60. The number of fused-ring (bicyclic) bond motifs is 1. The fraction of sp³-hybridized carbons (Fsp3) is 0.407.